The maximum Gasteiger partial charge on any atom is 0.409 e. The second-order valence-corrected chi connectivity index (χ2v) is 9.54. The van der Waals surface area contributed by atoms with E-state index < -0.39 is 0 Å². The lowest BCUT2D eigenvalue weighted by molar-refractivity contribution is -0.116. The summed E-state index contributed by atoms with van der Waals surface area (Å²) in [6, 6.07) is 7.74. The standard InChI is InChI=1S/C24H31N3O5S/c1-30-18-4-2-3-16(13-18)6-8-21(28)26-23-22(25)19-7-5-17(14-20(19)33-23)15-32-24(29)27-9-11-31-12-10-27/h2-4,13,17H,5-12,14-15,25H2,1H3,(H,26,28). The van der Waals surface area contributed by atoms with E-state index in [2.05, 4.69) is 5.32 Å². The number of methoxy groups -OCH3 is 1. The molecule has 1 unspecified atom stereocenters. The van der Waals surface area contributed by atoms with E-state index in [0.29, 0.717) is 51.4 Å². The summed E-state index contributed by atoms with van der Waals surface area (Å²) in [5, 5.41) is 3.72. The molecule has 3 N–H and O–H groups in total. The number of benzene rings is 1. The number of morpholine rings is 1. The summed E-state index contributed by atoms with van der Waals surface area (Å²) >= 11 is 1.54. The Morgan fingerprint density at radius 2 is 2.12 bits per heavy atom. The highest BCUT2D eigenvalue weighted by atomic mass is 32.1. The quantitative estimate of drug-likeness (QED) is 0.638. The van der Waals surface area contributed by atoms with Crippen molar-refractivity contribution in [2.24, 2.45) is 5.92 Å². The van der Waals surface area contributed by atoms with Crippen LogP contribution in [0.1, 0.15) is 28.8 Å². The molecular formula is C24H31N3O5S. The number of thiophene rings is 1. The molecule has 178 valence electrons. The van der Waals surface area contributed by atoms with Crippen molar-refractivity contribution in [3.8, 4) is 5.75 Å². The van der Waals surface area contributed by atoms with Gasteiger partial charge in [0.15, 0.2) is 0 Å². The normalized spacial score (nSPS) is 17.8. The van der Waals surface area contributed by atoms with Gasteiger partial charge in [0.05, 0.1) is 32.6 Å². The van der Waals surface area contributed by atoms with Gasteiger partial charge >= 0.3 is 6.09 Å². The van der Waals surface area contributed by atoms with Crippen molar-refractivity contribution < 1.29 is 23.8 Å². The smallest absolute Gasteiger partial charge is 0.409 e. The van der Waals surface area contributed by atoms with E-state index in [-0.39, 0.29) is 17.9 Å². The topological polar surface area (TPSA) is 103 Å². The first kappa shape index (κ1) is 23.4. The van der Waals surface area contributed by atoms with Crippen molar-refractivity contribution in [2.75, 3.05) is 51.1 Å². The minimum atomic E-state index is -0.265. The highest BCUT2D eigenvalue weighted by Gasteiger charge is 2.27. The zero-order valence-corrected chi connectivity index (χ0v) is 19.7. The lowest BCUT2D eigenvalue weighted by atomic mass is 9.89. The molecule has 1 aliphatic carbocycles. The number of fused-ring (bicyclic) bond motifs is 1. The van der Waals surface area contributed by atoms with Crippen LogP contribution in [0.3, 0.4) is 0 Å². The number of rotatable bonds is 7. The van der Waals surface area contributed by atoms with E-state index in [9.17, 15) is 9.59 Å². The van der Waals surface area contributed by atoms with Gasteiger partial charge in [-0.25, -0.2) is 4.79 Å². The number of anilines is 2. The van der Waals surface area contributed by atoms with Crippen molar-refractivity contribution in [3.63, 3.8) is 0 Å². The molecule has 0 bridgehead atoms. The summed E-state index contributed by atoms with van der Waals surface area (Å²) in [6.07, 6.45) is 3.28. The second-order valence-electron chi connectivity index (χ2n) is 8.43. The number of nitrogen functional groups attached to an aromatic ring is 1. The molecule has 0 spiro atoms. The number of nitrogens with two attached hydrogens (primary N) is 1. The second kappa shape index (κ2) is 10.9. The number of nitrogens with zero attached hydrogens (tertiary/aromatic N) is 1. The third-order valence-corrected chi connectivity index (χ3v) is 7.33. The summed E-state index contributed by atoms with van der Waals surface area (Å²) in [4.78, 5) is 27.6. The Balaban J connectivity index is 1.28. The Morgan fingerprint density at radius 1 is 1.30 bits per heavy atom. The van der Waals surface area contributed by atoms with Crippen LogP contribution in [0, 0.1) is 5.92 Å². The highest BCUT2D eigenvalue weighted by molar-refractivity contribution is 7.17. The molecule has 9 heteroatoms. The van der Waals surface area contributed by atoms with E-state index in [1.165, 1.54) is 16.2 Å². The van der Waals surface area contributed by atoms with Crippen LogP contribution in [0.15, 0.2) is 24.3 Å². The van der Waals surface area contributed by atoms with E-state index in [4.69, 9.17) is 19.9 Å². The van der Waals surface area contributed by atoms with E-state index >= 15 is 0 Å². The molecule has 4 rings (SSSR count). The number of carbonyl (C=O) groups excluding carboxylic acids is 2. The van der Waals surface area contributed by atoms with Crippen LogP contribution in [0.4, 0.5) is 15.5 Å². The minimum Gasteiger partial charge on any atom is -0.497 e. The Bertz CT molecular complexity index is 986. The first-order valence-electron chi connectivity index (χ1n) is 11.4. The molecule has 0 radical (unpaired) electrons. The average Bonchev–Trinajstić information content (AvgIpc) is 3.16. The fourth-order valence-corrected chi connectivity index (χ4v) is 5.51. The molecule has 2 heterocycles. The number of hydrogen-bond donors (Lipinski definition) is 2. The molecule has 33 heavy (non-hydrogen) atoms. The molecule has 1 saturated heterocycles. The van der Waals surface area contributed by atoms with Crippen molar-refractivity contribution in [1.29, 1.82) is 0 Å². The summed E-state index contributed by atoms with van der Waals surface area (Å²) in [6.45, 7) is 2.68. The van der Waals surface area contributed by atoms with Gasteiger partial charge in [0, 0.05) is 24.4 Å². The SMILES string of the molecule is COc1cccc(CCC(=O)Nc2sc3c(c2N)CCC(COC(=O)N2CCOCC2)C3)c1. The van der Waals surface area contributed by atoms with Crippen molar-refractivity contribution in [1.82, 2.24) is 4.90 Å². The number of ether oxygens (including phenoxy) is 3. The van der Waals surface area contributed by atoms with Gasteiger partial charge in [-0.2, -0.15) is 0 Å². The molecule has 2 aromatic rings. The van der Waals surface area contributed by atoms with Gasteiger partial charge in [-0.1, -0.05) is 12.1 Å². The zero-order chi connectivity index (χ0) is 23.2. The van der Waals surface area contributed by atoms with Crippen LogP contribution in [-0.4, -0.2) is 56.9 Å². The minimum absolute atomic E-state index is 0.0564. The summed E-state index contributed by atoms with van der Waals surface area (Å²) in [5.74, 6) is 0.990. The first-order valence-corrected chi connectivity index (χ1v) is 12.2. The summed E-state index contributed by atoms with van der Waals surface area (Å²) < 4.78 is 16.1. The molecule has 1 aromatic carbocycles. The van der Waals surface area contributed by atoms with Crippen LogP contribution in [0.5, 0.6) is 5.75 Å². The number of nitrogens with one attached hydrogen (secondary N) is 1. The van der Waals surface area contributed by atoms with Gasteiger partial charge in [0.2, 0.25) is 5.91 Å². The van der Waals surface area contributed by atoms with Gasteiger partial charge in [-0.3, -0.25) is 4.79 Å². The maximum atomic E-state index is 12.5. The zero-order valence-electron chi connectivity index (χ0n) is 18.9. The lowest BCUT2D eigenvalue weighted by Crippen LogP contribution is -2.41. The van der Waals surface area contributed by atoms with Crippen LogP contribution in [0.25, 0.3) is 0 Å². The molecule has 2 amide bonds. The largest absolute Gasteiger partial charge is 0.497 e. The first-order chi connectivity index (χ1) is 16.0. The lowest BCUT2D eigenvalue weighted by Gasteiger charge is -2.28. The third-order valence-electron chi connectivity index (χ3n) is 6.15. The average molecular weight is 474 g/mol. The van der Waals surface area contributed by atoms with E-state index in [0.717, 1.165) is 41.1 Å². The molecule has 8 nitrogen and oxygen atoms in total. The number of amides is 2. The predicted octanol–water partition coefficient (Wildman–Crippen LogP) is 3.48. The van der Waals surface area contributed by atoms with Gasteiger partial charge in [-0.05, 0) is 54.9 Å². The van der Waals surface area contributed by atoms with Crippen LogP contribution in [0.2, 0.25) is 0 Å². The van der Waals surface area contributed by atoms with Gasteiger partial charge in [0.25, 0.3) is 0 Å². The Labute approximate surface area is 198 Å². The van der Waals surface area contributed by atoms with Gasteiger partial charge in [0.1, 0.15) is 10.8 Å². The molecule has 0 saturated carbocycles. The van der Waals surface area contributed by atoms with Crippen molar-refractivity contribution in [3.05, 3.63) is 40.3 Å². The fourth-order valence-electron chi connectivity index (χ4n) is 4.22. The summed E-state index contributed by atoms with van der Waals surface area (Å²) in [7, 11) is 1.63. The highest BCUT2D eigenvalue weighted by Crippen LogP contribution is 2.41. The Morgan fingerprint density at radius 3 is 2.91 bits per heavy atom. The van der Waals surface area contributed by atoms with E-state index in [1.54, 1.807) is 12.0 Å². The predicted molar refractivity (Wildman–Crippen MR) is 128 cm³/mol. The number of carbonyl (C=O) groups is 2. The van der Waals surface area contributed by atoms with Crippen LogP contribution in [-0.2, 0) is 33.5 Å². The molecule has 1 aromatic heterocycles. The number of aryl methyl sites for hydroxylation is 1. The van der Waals surface area contributed by atoms with Crippen molar-refractivity contribution in [2.45, 2.75) is 32.1 Å². The van der Waals surface area contributed by atoms with E-state index in [1.807, 2.05) is 24.3 Å². The molecular weight excluding hydrogens is 442 g/mol. The van der Waals surface area contributed by atoms with Crippen molar-refractivity contribution >= 4 is 34.0 Å². The summed E-state index contributed by atoms with van der Waals surface area (Å²) in [5.41, 5.74) is 9.21. The van der Waals surface area contributed by atoms with Crippen LogP contribution >= 0.6 is 11.3 Å². The Hall–Kier alpha value is -2.78. The number of hydrogen-bond acceptors (Lipinski definition) is 7. The molecule has 1 atom stereocenters. The van der Waals surface area contributed by atoms with Gasteiger partial charge in [-0.15, -0.1) is 11.3 Å². The molecule has 1 fully saturated rings. The molecule has 1 aliphatic heterocycles. The fraction of sp³-hybridized carbons (Fsp3) is 0.500. The monoisotopic (exact) mass is 473 g/mol. The Kier molecular flexibility index (Phi) is 7.72. The van der Waals surface area contributed by atoms with Crippen LogP contribution < -0.4 is 15.8 Å². The maximum absolute atomic E-state index is 12.5. The third kappa shape index (κ3) is 5.97. The molecule has 2 aliphatic rings. The van der Waals surface area contributed by atoms with Gasteiger partial charge < -0.3 is 30.2 Å².